The summed E-state index contributed by atoms with van der Waals surface area (Å²) in [6.07, 6.45) is 0. The number of hydrogen-bond donors (Lipinski definition) is 1. The van der Waals surface area contributed by atoms with E-state index in [1.165, 1.54) is 9.70 Å². The summed E-state index contributed by atoms with van der Waals surface area (Å²) in [5, 5.41) is 17.4. The third-order valence-electron chi connectivity index (χ3n) is 3.92. The Morgan fingerprint density at radius 2 is 2.14 bits per heavy atom. The van der Waals surface area contributed by atoms with Crippen LogP contribution < -0.4 is 5.32 Å². The van der Waals surface area contributed by atoms with E-state index >= 15 is 0 Å². The van der Waals surface area contributed by atoms with Crippen LogP contribution >= 0.6 is 22.9 Å². The van der Waals surface area contributed by atoms with Gasteiger partial charge in [-0.05, 0) is 35.7 Å². The largest absolute Gasteiger partial charge is 0.350 e. The van der Waals surface area contributed by atoms with Crippen molar-refractivity contribution in [2.24, 2.45) is 0 Å². The minimum atomic E-state index is -0.260. The van der Waals surface area contributed by atoms with Gasteiger partial charge in [-0.25, -0.2) is 0 Å². The normalized spacial score (nSPS) is 10.6. The van der Waals surface area contributed by atoms with Crippen molar-refractivity contribution in [3.63, 3.8) is 0 Å². The zero-order valence-electron chi connectivity index (χ0n) is 15.2. The minimum Gasteiger partial charge on any atom is -0.350 e. The van der Waals surface area contributed by atoms with Crippen LogP contribution in [0.3, 0.4) is 0 Å². The second-order valence-electron chi connectivity index (χ2n) is 5.92. The van der Waals surface area contributed by atoms with Crippen molar-refractivity contribution in [3.8, 4) is 11.4 Å². The van der Waals surface area contributed by atoms with E-state index in [1.807, 2.05) is 30.5 Å². The molecule has 0 unspecified atom stereocenters. The second kappa shape index (κ2) is 9.43. The van der Waals surface area contributed by atoms with Crippen LogP contribution in [-0.2, 0) is 22.7 Å². The highest BCUT2D eigenvalue weighted by Crippen LogP contribution is 2.18. The molecule has 0 saturated heterocycles. The molecule has 28 heavy (non-hydrogen) atoms. The monoisotopic (exact) mass is 418 g/mol. The number of likely N-dealkylation sites (N-methyl/N-ethyl adjacent to an activating group) is 1. The van der Waals surface area contributed by atoms with Crippen LogP contribution in [0.15, 0.2) is 41.8 Å². The van der Waals surface area contributed by atoms with Gasteiger partial charge in [0.2, 0.25) is 17.6 Å². The number of aromatic nitrogens is 4. The topological polar surface area (TPSA) is 93.0 Å². The summed E-state index contributed by atoms with van der Waals surface area (Å²) in [6.45, 7) is 2.56. The van der Waals surface area contributed by atoms with E-state index in [-0.39, 0.29) is 24.9 Å². The van der Waals surface area contributed by atoms with Gasteiger partial charge in [0.25, 0.3) is 0 Å². The molecule has 0 spiro atoms. The highest BCUT2D eigenvalue weighted by molar-refractivity contribution is 7.09. The quantitative estimate of drug-likeness (QED) is 0.605. The predicted molar refractivity (Wildman–Crippen MR) is 107 cm³/mol. The number of halogens is 1. The highest BCUT2D eigenvalue weighted by Gasteiger charge is 2.18. The Balaban J connectivity index is 1.55. The highest BCUT2D eigenvalue weighted by atomic mass is 35.5. The van der Waals surface area contributed by atoms with E-state index in [2.05, 4.69) is 20.7 Å². The molecule has 0 aliphatic heterocycles. The molecule has 0 radical (unpaired) electrons. The molecule has 146 valence electrons. The first-order chi connectivity index (χ1) is 13.5. The van der Waals surface area contributed by atoms with Gasteiger partial charge in [0, 0.05) is 22.0 Å². The molecule has 1 aromatic carbocycles. The summed E-state index contributed by atoms with van der Waals surface area (Å²) in [7, 11) is 0. The van der Waals surface area contributed by atoms with Gasteiger partial charge in [0.1, 0.15) is 6.54 Å². The maximum Gasteiger partial charge on any atom is 0.246 e. The second-order valence-corrected chi connectivity index (χ2v) is 7.39. The molecule has 0 aliphatic rings. The summed E-state index contributed by atoms with van der Waals surface area (Å²) in [5.74, 6) is -0.0920. The Kier molecular flexibility index (Phi) is 6.72. The van der Waals surface area contributed by atoms with Crippen molar-refractivity contribution in [2.45, 2.75) is 20.0 Å². The van der Waals surface area contributed by atoms with Crippen molar-refractivity contribution >= 4 is 34.8 Å². The third-order valence-corrected chi connectivity index (χ3v) is 5.03. The van der Waals surface area contributed by atoms with Gasteiger partial charge < -0.3 is 10.2 Å². The molecular formula is C18H19ClN6O2S. The first-order valence-electron chi connectivity index (χ1n) is 8.65. The molecule has 3 aromatic rings. The molecule has 1 N–H and O–H groups in total. The lowest BCUT2D eigenvalue weighted by molar-refractivity contribution is -0.136. The SMILES string of the molecule is CCN(CC(=O)NCc1cccs1)C(=O)Cn1nnc(-c2cccc(Cl)c2)n1. The number of carbonyl (C=O) groups is 2. The molecule has 2 aromatic heterocycles. The van der Waals surface area contributed by atoms with Crippen molar-refractivity contribution in [2.75, 3.05) is 13.1 Å². The van der Waals surface area contributed by atoms with Gasteiger partial charge in [0.15, 0.2) is 0 Å². The smallest absolute Gasteiger partial charge is 0.246 e. The summed E-state index contributed by atoms with van der Waals surface area (Å²) < 4.78 is 0. The van der Waals surface area contributed by atoms with Gasteiger partial charge in [-0.1, -0.05) is 29.8 Å². The van der Waals surface area contributed by atoms with Crippen LogP contribution in [0.2, 0.25) is 5.02 Å². The van der Waals surface area contributed by atoms with Crippen LogP contribution in [0.25, 0.3) is 11.4 Å². The first kappa shape index (κ1) is 20.0. The molecular weight excluding hydrogens is 400 g/mol. The maximum atomic E-state index is 12.5. The Morgan fingerprint density at radius 3 is 2.86 bits per heavy atom. The Morgan fingerprint density at radius 1 is 1.29 bits per heavy atom. The average molecular weight is 419 g/mol. The summed E-state index contributed by atoms with van der Waals surface area (Å²) >= 11 is 7.54. The number of tetrazole rings is 1. The molecule has 2 heterocycles. The molecule has 0 fully saturated rings. The van der Waals surface area contributed by atoms with Gasteiger partial charge >= 0.3 is 0 Å². The van der Waals surface area contributed by atoms with Crippen LogP contribution in [0.1, 0.15) is 11.8 Å². The number of rotatable bonds is 8. The van der Waals surface area contributed by atoms with Crippen molar-refractivity contribution in [3.05, 3.63) is 51.7 Å². The standard InChI is InChI=1S/C18H19ClN6O2S/c1-2-24(11-16(26)20-10-15-7-4-8-28-15)17(27)12-25-22-18(21-23-25)13-5-3-6-14(19)9-13/h3-9H,2,10-12H2,1H3,(H,20,26). The Hall–Kier alpha value is -2.78. The maximum absolute atomic E-state index is 12.5. The summed E-state index contributed by atoms with van der Waals surface area (Å²) in [4.78, 5) is 28.4. The fourth-order valence-electron chi connectivity index (χ4n) is 2.48. The van der Waals surface area contributed by atoms with Gasteiger partial charge in [0.05, 0.1) is 13.1 Å². The lowest BCUT2D eigenvalue weighted by Crippen LogP contribution is -2.42. The number of nitrogens with zero attached hydrogens (tertiary/aromatic N) is 5. The molecule has 0 aliphatic carbocycles. The van der Waals surface area contributed by atoms with Gasteiger partial charge in [-0.3, -0.25) is 9.59 Å². The molecule has 0 atom stereocenters. The number of benzene rings is 1. The third kappa shape index (κ3) is 5.37. The summed E-state index contributed by atoms with van der Waals surface area (Å²) in [5.41, 5.74) is 0.714. The molecule has 8 nitrogen and oxygen atoms in total. The van der Waals surface area contributed by atoms with Crippen LogP contribution in [-0.4, -0.2) is 50.0 Å². The van der Waals surface area contributed by atoms with E-state index in [0.717, 1.165) is 4.88 Å². The number of nitrogens with one attached hydrogen (secondary N) is 1. The van der Waals surface area contributed by atoms with Crippen LogP contribution in [0.4, 0.5) is 0 Å². The van der Waals surface area contributed by atoms with E-state index in [4.69, 9.17) is 11.6 Å². The molecule has 10 heteroatoms. The van der Waals surface area contributed by atoms with E-state index in [1.54, 1.807) is 29.5 Å². The fraction of sp³-hybridized carbons (Fsp3) is 0.278. The summed E-state index contributed by atoms with van der Waals surface area (Å²) in [6, 6.07) is 10.9. The predicted octanol–water partition coefficient (Wildman–Crippen LogP) is 2.22. The Labute approximate surface area is 171 Å². The fourth-order valence-corrected chi connectivity index (χ4v) is 3.31. The van der Waals surface area contributed by atoms with E-state index in [9.17, 15) is 9.59 Å². The van der Waals surface area contributed by atoms with Crippen LogP contribution in [0.5, 0.6) is 0 Å². The molecule has 0 bridgehead atoms. The van der Waals surface area contributed by atoms with Crippen LogP contribution in [0, 0.1) is 0 Å². The van der Waals surface area contributed by atoms with Crippen molar-refractivity contribution in [1.29, 1.82) is 0 Å². The number of amides is 2. The number of carbonyl (C=O) groups excluding carboxylic acids is 2. The molecule has 0 saturated carbocycles. The Bertz CT molecular complexity index is 943. The van der Waals surface area contributed by atoms with E-state index in [0.29, 0.717) is 29.5 Å². The minimum absolute atomic E-state index is 0.0173. The zero-order chi connectivity index (χ0) is 19.9. The first-order valence-corrected chi connectivity index (χ1v) is 9.91. The average Bonchev–Trinajstić information content (AvgIpc) is 3.36. The van der Waals surface area contributed by atoms with E-state index < -0.39 is 0 Å². The lowest BCUT2D eigenvalue weighted by atomic mass is 10.2. The molecule has 2 amide bonds. The lowest BCUT2D eigenvalue weighted by Gasteiger charge is -2.19. The number of thiophene rings is 1. The number of hydrogen-bond acceptors (Lipinski definition) is 6. The van der Waals surface area contributed by atoms with Crippen molar-refractivity contribution in [1.82, 2.24) is 30.4 Å². The van der Waals surface area contributed by atoms with Gasteiger partial charge in [-0.15, -0.1) is 21.5 Å². The zero-order valence-corrected chi connectivity index (χ0v) is 16.8. The molecule has 3 rings (SSSR count). The van der Waals surface area contributed by atoms with Crippen molar-refractivity contribution < 1.29 is 9.59 Å². The van der Waals surface area contributed by atoms with Gasteiger partial charge in [-0.2, -0.15) is 4.80 Å².